The molecule has 0 amide bonds. The van der Waals surface area contributed by atoms with E-state index in [1.807, 2.05) is 12.1 Å². The third kappa shape index (κ3) is 7.79. The molecule has 8 heteroatoms. The second kappa shape index (κ2) is 12.5. The molecule has 0 aromatic heterocycles. The second-order valence-electron chi connectivity index (χ2n) is 5.95. The Morgan fingerprint density at radius 3 is 1.47 bits per heavy atom. The summed E-state index contributed by atoms with van der Waals surface area (Å²) in [6.45, 7) is 6.38. The van der Waals surface area contributed by atoms with Gasteiger partial charge in [-0.25, -0.2) is 9.59 Å². The van der Waals surface area contributed by atoms with Gasteiger partial charge in [-0.15, -0.1) is 0 Å². The normalized spacial score (nSPS) is 13.5. The van der Waals surface area contributed by atoms with Gasteiger partial charge in [0.2, 0.25) is 0 Å². The molecule has 30 heavy (non-hydrogen) atoms. The van der Waals surface area contributed by atoms with Crippen molar-refractivity contribution in [1.82, 2.24) is 0 Å². The van der Waals surface area contributed by atoms with Gasteiger partial charge in [0.05, 0.1) is 13.2 Å². The lowest BCUT2D eigenvalue weighted by Gasteiger charge is -2.19. The fraction of sp³-hybridized carbons (Fsp3) is 0.182. The average molecular weight is 430 g/mol. The molecule has 0 radical (unpaired) electrons. The SMILES string of the molecule is C=CC(=O)OC(CO[PH](=O)OCC(OC(=O)C=C)c1ccccc1)c1ccccc1. The monoisotopic (exact) mass is 430 g/mol. The Bertz CT molecular complexity index is 796. The van der Waals surface area contributed by atoms with E-state index in [1.54, 1.807) is 48.5 Å². The summed E-state index contributed by atoms with van der Waals surface area (Å²) < 4.78 is 33.3. The first-order valence-electron chi connectivity index (χ1n) is 9.09. The molecule has 2 rings (SSSR count). The molecular weight excluding hydrogens is 407 g/mol. The minimum absolute atomic E-state index is 0.177. The van der Waals surface area contributed by atoms with Crippen molar-refractivity contribution in [3.63, 3.8) is 0 Å². The summed E-state index contributed by atoms with van der Waals surface area (Å²) in [5, 5.41) is 0. The Morgan fingerprint density at radius 1 is 0.767 bits per heavy atom. The van der Waals surface area contributed by atoms with E-state index in [2.05, 4.69) is 13.2 Å². The molecule has 2 aromatic rings. The van der Waals surface area contributed by atoms with Crippen LogP contribution in [0.2, 0.25) is 0 Å². The van der Waals surface area contributed by atoms with Crippen LogP contribution in [0, 0.1) is 0 Å². The zero-order valence-corrected chi connectivity index (χ0v) is 17.3. The van der Waals surface area contributed by atoms with Crippen molar-refractivity contribution in [3.8, 4) is 0 Å². The molecule has 0 heterocycles. The van der Waals surface area contributed by atoms with Gasteiger partial charge in [0, 0.05) is 12.2 Å². The number of hydrogen-bond acceptors (Lipinski definition) is 7. The van der Waals surface area contributed by atoms with Crippen LogP contribution in [0.4, 0.5) is 0 Å². The van der Waals surface area contributed by atoms with Crippen LogP contribution in [-0.4, -0.2) is 25.2 Å². The van der Waals surface area contributed by atoms with Crippen LogP contribution >= 0.6 is 8.25 Å². The van der Waals surface area contributed by atoms with Gasteiger partial charge in [0.1, 0.15) is 0 Å². The van der Waals surface area contributed by atoms with E-state index >= 15 is 0 Å². The van der Waals surface area contributed by atoms with E-state index in [0.717, 1.165) is 12.2 Å². The number of rotatable bonds is 12. The Hall–Kier alpha value is -2.99. The van der Waals surface area contributed by atoms with Gasteiger partial charge in [-0.2, -0.15) is 0 Å². The van der Waals surface area contributed by atoms with E-state index in [1.165, 1.54) is 0 Å². The summed E-state index contributed by atoms with van der Waals surface area (Å²) in [5.74, 6) is -1.26. The summed E-state index contributed by atoms with van der Waals surface area (Å²) in [5.41, 5.74) is 1.34. The highest BCUT2D eigenvalue weighted by atomic mass is 31.1. The summed E-state index contributed by atoms with van der Waals surface area (Å²) in [6.07, 6.45) is 0.512. The van der Waals surface area contributed by atoms with Crippen LogP contribution < -0.4 is 0 Å². The predicted octanol–water partition coefficient (Wildman–Crippen LogP) is 4.35. The predicted molar refractivity (Wildman–Crippen MR) is 112 cm³/mol. The van der Waals surface area contributed by atoms with Crippen LogP contribution in [0.3, 0.4) is 0 Å². The third-order valence-electron chi connectivity index (χ3n) is 3.90. The number of carbonyl (C=O) groups excluding carboxylic acids is 2. The van der Waals surface area contributed by atoms with Crippen molar-refractivity contribution in [1.29, 1.82) is 0 Å². The molecule has 2 unspecified atom stereocenters. The van der Waals surface area contributed by atoms with Crippen molar-refractivity contribution in [2.24, 2.45) is 0 Å². The van der Waals surface area contributed by atoms with Crippen molar-refractivity contribution >= 4 is 20.2 Å². The Balaban J connectivity index is 1.96. The Kier molecular flexibility index (Phi) is 9.74. The Morgan fingerprint density at radius 2 is 1.13 bits per heavy atom. The van der Waals surface area contributed by atoms with E-state index < -0.39 is 32.4 Å². The Labute approximate surface area is 175 Å². The van der Waals surface area contributed by atoms with E-state index in [-0.39, 0.29) is 13.2 Å². The molecular formula is C22H23O7P. The molecule has 158 valence electrons. The lowest BCUT2D eigenvalue weighted by atomic mass is 10.1. The topological polar surface area (TPSA) is 88.1 Å². The molecule has 0 spiro atoms. The number of carbonyl (C=O) groups is 2. The second-order valence-corrected chi connectivity index (χ2v) is 7.03. The number of hydrogen-bond donors (Lipinski definition) is 0. The maximum absolute atomic E-state index is 12.2. The summed E-state index contributed by atoms with van der Waals surface area (Å²) in [6, 6.07) is 17.8. The molecule has 2 atom stereocenters. The largest absolute Gasteiger partial charge is 0.452 e. The van der Waals surface area contributed by atoms with Crippen LogP contribution in [0.1, 0.15) is 23.3 Å². The fourth-order valence-electron chi connectivity index (χ4n) is 2.44. The van der Waals surface area contributed by atoms with E-state index in [0.29, 0.717) is 11.1 Å². The lowest BCUT2D eigenvalue weighted by molar-refractivity contribution is -0.145. The molecule has 0 bridgehead atoms. The van der Waals surface area contributed by atoms with E-state index in [9.17, 15) is 14.2 Å². The minimum Gasteiger partial charge on any atom is -0.452 e. The number of esters is 2. The first kappa shape index (κ1) is 23.3. The molecule has 2 aromatic carbocycles. The van der Waals surface area contributed by atoms with Crippen LogP contribution in [0.25, 0.3) is 0 Å². The van der Waals surface area contributed by atoms with Gasteiger partial charge in [0.25, 0.3) is 0 Å². The smallest absolute Gasteiger partial charge is 0.330 e. The zero-order chi connectivity index (χ0) is 21.8. The van der Waals surface area contributed by atoms with Gasteiger partial charge in [-0.05, 0) is 11.1 Å². The molecule has 0 saturated carbocycles. The van der Waals surface area contributed by atoms with Crippen molar-refractivity contribution in [3.05, 3.63) is 97.1 Å². The van der Waals surface area contributed by atoms with Gasteiger partial charge in [-0.1, -0.05) is 73.8 Å². The van der Waals surface area contributed by atoms with Crippen molar-refractivity contribution in [2.45, 2.75) is 12.2 Å². The molecule has 0 aliphatic carbocycles. The molecule has 0 N–H and O–H groups in total. The maximum atomic E-state index is 12.2. The zero-order valence-electron chi connectivity index (χ0n) is 16.3. The number of benzene rings is 2. The van der Waals surface area contributed by atoms with Crippen LogP contribution in [0.15, 0.2) is 86.0 Å². The highest BCUT2D eigenvalue weighted by Gasteiger charge is 2.20. The first-order valence-corrected chi connectivity index (χ1v) is 10.3. The van der Waals surface area contributed by atoms with E-state index in [4.69, 9.17) is 18.5 Å². The molecule has 0 saturated heterocycles. The lowest BCUT2D eigenvalue weighted by Crippen LogP contribution is -2.15. The van der Waals surface area contributed by atoms with Gasteiger partial charge < -0.3 is 18.5 Å². The summed E-state index contributed by atoms with van der Waals surface area (Å²) in [4.78, 5) is 23.2. The summed E-state index contributed by atoms with van der Waals surface area (Å²) in [7, 11) is -2.96. The fourth-order valence-corrected chi connectivity index (χ4v) is 3.10. The van der Waals surface area contributed by atoms with Gasteiger partial charge >= 0.3 is 20.2 Å². The maximum Gasteiger partial charge on any atom is 0.330 e. The summed E-state index contributed by atoms with van der Waals surface area (Å²) >= 11 is 0. The van der Waals surface area contributed by atoms with Crippen molar-refractivity contribution < 1.29 is 32.7 Å². The van der Waals surface area contributed by atoms with Crippen LogP contribution in [0.5, 0.6) is 0 Å². The molecule has 0 aliphatic heterocycles. The highest BCUT2D eigenvalue weighted by Crippen LogP contribution is 2.31. The third-order valence-corrected chi connectivity index (χ3v) is 4.70. The average Bonchev–Trinajstić information content (AvgIpc) is 2.80. The van der Waals surface area contributed by atoms with Gasteiger partial charge in [0.15, 0.2) is 12.2 Å². The highest BCUT2D eigenvalue weighted by molar-refractivity contribution is 7.33. The van der Waals surface area contributed by atoms with Crippen molar-refractivity contribution in [2.75, 3.05) is 13.2 Å². The molecule has 0 fully saturated rings. The van der Waals surface area contributed by atoms with Crippen LogP contribution in [-0.2, 0) is 32.7 Å². The molecule has 0 aliphatic rings. The first-order chi connectivity index (χ1) is 14.5. The number of ether oxygens (including phenoxy) is 2. The molecule has 7 nitrogen and oxygen atoms in total. The van der Waals surface area contributed by atoms with Gasteiger partial charge in [-0.3, -0.25) is 4.57 Å². The quantitative estimate of drug-likeness (QED) is 0.281. The minimum atomic E-state index is -2.96. The standard InChI is InChI=1S/C22H23O7P/c1-3-21(23)28-19(17-11-7-5-8-12-17)15-26-30(25)27-16-20(29-22(24)4-2)18-13-9-6-10-14-18/h3-14,19-20,30H,1-2,15-16H2.